The van der Waals surface area contributed by atoms with E-state index < -0.39 is 66.8 Å². The number of hydrogen-bond donors (Lipinski definition) is 1. The fourth-order valence-electron chi connectivity index (χ4n) is 3.13. The van der Waals surface area contributed by atoms with Crippen LogP contribution in [0.3, 0.4) is 0 Å². The van der Waals surface area contributed by atoms with E-state index in [2.05, 4.69) is 19.8 Å². The van der Waals surface area contributed by atoms with E-state index in [-0.39, 0.29) is 35.5 Å². The van der Waals surface area contributed by atoms with Crippen molar-refractivity contribution in [2.75, 3.05) is 31.6 Å². The lowest BCUT2D eigenvalue weighted by atomic mass is 10.2. The Bertz CT molecular complexity index is 1270. The Morgan fingerprint density at radius 1 is 1.08 bits per heavy atom. The number of ether oxygens (including phenoxy) is 3. The molecular formula is C24H27ClF2N4O8. The van der Waals surface area contributed by atoms with Crippen molar-refractivity contribution >= 4 is 41.3 Å². The predicted molar refractivity (Wildman–Crippen MR) is 133 cm³/mol. The monoisotopic (exact) mass is 572 g/mol. The molecular weight excluding hydrogens is 546 g/mol. The number of anilines is 1. The summed E-state index contributed by atoms with van der Waals surface area (Å²) in [6, 6.07) is 2.44. The second-order valence-corrected chi connectivity index (χ2v) is 8.65. The minimum Gasteiger partial charge on any atom is -0.471 e. The van der Waals surface area contributed by atoms with Gasteiger partial charge in [0.05, 0.1) is 0 Å². The van der Waals surface area contributed by atoms with Gasteiger partial charge >= 0.3 is 11.9 Å². The molecule has 0 fully saturated rings. The predicted octanol–water partition coefficient (Wildman–Crippen LogP) is 2.23. The SMILES string of the molecule is CC(=O)OCC(=O)N(CCNc1nc(OCc2ccc(F)cc2F)c(Cl)c(=O)n1C(C)C)C(=O)COC(C)=O. The van der Waals surface area contributed by atoms with E-state index in [0.717, 1.165) is 19.9 Å². The molecule has 2 rings (SSSR count). The molecule has 1 N–H and O–H groups in total. The third-order valence-electron chi connectivity index (χ3n) is 4.94. The summed E-state index contributed by atoms with van der Waals surface area (Å²) >= 11 is 6.15. The molecule has 1 heterocycles. The number of benzene rings is 1. The number of imide groups is 1. The maximum Gasteiger partial charge on any atom is 0.303 e. The summed E-state index contributed by atoms with van der Waals surface area (Å²) < 4.78 is 43.1. The van der Waals surface area contributed by atoms with E-state index in [1.165, 1.54) is 10.6 Å². The quantitative estimate of drug-likeness (QED) is 0.376. The van der Waals surface area contributed by atoms with Crippen LogP contribution in [0.5, 0.6) is 5.88 Å². The van der Waals surface area contributed by atoms with Gasteiger partial charge in [0.1, 0.15) is 18.2 Å². The lowest BCUT2D eigenvalue weighted by Crippen LogP contribution is -2.44. The molecule has 0 radical (unpaired) electrons. The molecule has 0 aliphatic rings. The molecule has 0 saturated heterocycles. The number of halogens is 3. The molecule has 12 nitrogen and oxygen atoms in total. The Kier molecular flexibility index (Phi) is 11.3. The fourth-order valence-corrected chi connectivity index (χ4v) is 3.32. The summed E-state index contributed by atoms with van der Waals surface area (Å²) in [5, 5.41) is 2.44. The zero-order chi connectivity index (χ0) is 29.3. The van der Waals surface area contributed by atoms with Gasteiger partial charge in [-0.15, -0.1) is 0 Å². The summed E-state index contributed by atoms with van der Waals surface area (Å²) in [6.07, 6.45) is 0. The average molecular weight is 573 g/mol. The number of nitrogens with one attached hydrogen (secondary N) is 1. The second kappa shape index (κ2) is 14.2. The number of hydrogen-bond acceptors (Lipinski definition) is 10. The lowest BCUT2D eigenvalue weighted by Gasteiger charge is -2.22. The molecule has 0 saturated carbocycles. The molecule has 2 amide bonds. The Morgan fingerprint density at radius 3 is 2.18 bits per heavy atom. The summed E-state index contributed by atoms with van der Waals surface area (Å²) in [6.45, 7) is 3.21. The number of rotatable bonds is 12. The first kappa shape index (κ1) is 31.1. The molecule has 212 valence electrons. The molecule has 1 aromatic heterocycles. The molecule has 0 atom stereocenters. The third-order valence-corrected chi connectivity index (χ3v) is 5.27. The fraction of sp³-hybridized carbons (Fsp3) is 0.417. The molecule has 0 aliphatic carbocycles. The van der Waals surface area contributed by atoms with E-state index in [4.69, 9.17) is 16.3 Å². The third kappa shape index (κ3) is 9.02. The van der Waals surface area contributed by atoms with Crippen molar-refractivity contribution in [3.63, 3.8) is 0 Å². The van der Waals surface area contributed by atoms with Crippen molar-refractivity contribution in [3.8, 4) is 5.88 Å². The number of carbonyl (C=O) groups is 4. The minimum absolute atomic E-state index is 0.00922. The molecule has 0 unspecified atom stereocenters. The summed E-state index contributed by atoms with van der Waals surface area (Å²) in [4.78, 5) is 64.9. The van der Waals surface area contributed by atoms with Crippen LogP contribution in [-0.4, -0.2) is 64.5 Å². The highest BCUT2D eigenvalue weighted by atomic mass is 35.5. The van der Waals surface area contributed by atoms with E-state index in [1.807, 2.05) is 0 Å². The van der Waals surface area contributed by atoms with Gasteiger partial charge in [0.15, 0.2) is 18.2 Å². The van der Waals surface area contributed by atoms with Crippen LogP contribution in [0, 0.1) is 11.6 Å². The van der Waals surface area contributed by atoms with E-state index in [9.17, 15) is 32.8 Å². The second-order valence-electron chi connectivity index (χ2n) is 8.27. The Hall–Kier alpha value is -4.07. The van der Waals surface area contributed by atoms with Crippen molar-refractivity contribution in [3.05, 3.63) is 50.8 Å². The topological polar surface area (TPSA) is 146 Å². The standard InChI is InChI=1S/C24H27ClF2N4O8/c1-13(2)31-23(36)21(25)22(39-10-16-5-6-17(26)9-18(16)27)29-24(31)28-7-8-30(19(34)11-37-14(3)32)20(35)12-38-15(4)33/h5-6,9,13H,7-8,10-12H2,1-4H3,(H,28,29). The zero-order valence-electron chi connectivity index (χ0n) is 21.6. The first-order valence-electron chi connectivity index (χ1n) is 11.5. The summed E-state index contributed by atoms with van der Waals surface area (Å²) in [7, 11) is 0. The zero-order valence-corrected chi connectivity index (χ0v) is 22.3. The highest BCUT2D eigenvalue weighted by Gasteiger charge is 2.24. The first-order valence-corrected chi connectivity index (χ1v) is 11.9. The van der Waals surface area contributed by atoms with Gasteiger partial charge in [-0.2, -0.15) is 4.98 Å². The maximum absolute atomic E-state index is 14.0. The van der Waals surface area contributed by atoms with Crippen molar-refractivity contribution in [1.82, 2.24) is 14.5 Å². The van der Waals surface area contributed by atoms with Gasteiger partial charge in [0.25, 0.3) is 17.4 Å². The van der Waals surface area contributed by atoms with E-state index >= 15 is 0 Å². The van der Waals surface area contributed by atoms with Crippen LogP contribution in [0.2, 0.25) is 5.02 Å². The lowest BCUT2D eigenvalue weighted by molar-refractivity contribution is -0.159. The summed E-state index contributed by atoms with van der Waals surface area (Å²) in [5.41, 5.74) is -0.697. The molecule has 15 heteroatoms. The first-order chi connectivity index (χ1) is 18.3. The van der Waals surface area contributed by atoms with Gasteiger partial charge in [-0.3, -0.25) is 33.4 Å². The van der Waals surface area contributed by atoms with Gasteiger partial charge in [0, 0.05) is 44.6 Å². The Labute approximate surface area is 226 Å². The van der Waals surface area contributed by atoms with E-state index in [1.54, 1.807) is 13.8 Å². The number of aromatic nitrogens is 2. The van der Waals surface area contributed by atoms with Gasteiger partial charge in [-0.25, -0.2) is 8.78 Å². The normalized spacial score (nSPS) is 10.7. The maximum atomic E-state index is 14.0. The highest BCUT2D eigenvalue weighted by Crippen LogP contribution is 2.24. The van der Waals surface area contributed by atoms with Gasteiger partial charge in [0.2, 0.25) is 11.8 Å². The van der Waals surface area contributed by atoms with Gasteiger partial charge < -0.3 is 19.5 Å². The van der Waals surface area contributed by atoms with Gasteiger partial charge in [-0.05, 0) is 26.0 Å². The number of amides is 2. The van der Waals surface area contributed by atoms with Crippen molar-refractivity contribution in [1.29, 1.82) is 0 Å². The molecule has 0 bridgehead atoms. The average Bonchev–Trinajstić information content (AvgIpc) is 2.85. The molecule has 0 spiro atoms. The summed E-state index contributed by atoms with van der Waals surface area (Å²) in [5.74, 6) is -5.25. The molecule has 1 aromatic carbocycles. The Balaban J connectivity index is 2.25. The van der Waals surface area contributed by atoms with Crippen LogP contribution in [0.4, 0.5) is 14.7 Å². The van der Waals surface area contributed by atoms with Crippen LogP contribution in [0.25, 0.3) is 0 Å². The van der Waals surface area contributed by atoms with Crippen molar-refractivity contribution in [2.24, 2.45) is 0 Å². The van der Waals surface area contributed by atoms with Gasteiger partial charge in [-0.1, -0.05) is 11.6 Å². The van der Waals surface area contributed by atoms with Crippen LogP contribution in [-0.2, 0) is 35.3 Å². The number of nitrogens with zero attached hydrogens (tertiary/aromatic N) is 3. The molecule has 0 aliphatic heterocycles. The molecule has 39 heavy (non-hydrogen) atoms. The van der Waals surface area contributed by atoms with Crippen LogP contribution >= 0.6 is 11.6 Å². The minimum atomic E-state index is -0.875. The van der Waals surface area contributed by atoms with E-state index in [0.29, 0.717) is 11.0 Å². The largest absolute Gasteiger partial charge is 0.471 e. The number of esters is 2. The van der Waals surface area contributed by atoms with Crippen LogP contribution in [0.15, 0.2) is 23.0 Å². The smallest absolute Gasteiger partial charge is 0.303 e. The highest BCUT2D eigenvalue weighted by molar-refractivity contribution is 6.31. The van der Waals surface area contributed by atoms with Crippen LogP contribution in [0.1, 0.15) is 39.3 Å². The Morgan fingerprint density at radius 2 is 1.67 bits per heavy atom. The van der Waals surface area contributed by atoms with Crippen LogP contribution < -0.4 is 15.6 Å². The van der Waals surface area contributed by atoms with Crippen molar-refractivity contribution in [2.45, 2.75) is 40.3 Å². The van der Waals surface area contributed by atoms with Crippen molar-refractivity contribution < 1.29 is 42.2 Å². The number of carbonyl (C=O) groups excluding carboxylic acids is 4. The molecule has 2 aromatic rings.